The standard InChI is InChI=1S/C15H24N4O4/c1-6-18(7-2)10-16-15(20)11-8-13(19(21)22)12(17(3)4)9-14(11)23-5/h8-9H,6-7,10H2,1-5H3,(H,16,20). The number of hydrogen-bond donors (Lipinski definition) is 1. The fourth-order valence-corrected chi connectivity index (χ4v) is 2.13. The Labute approximate surface area is 136 Å². The highest BCUT2D eigenvalue weighted by Gasteiger charge is 2.23. The second kappa shape index (κ2) is 8.33. The Hall–Kier alpha value is -2.35. The van der Waals surface area contributed by atoms with Crippen molar-refractivity contribution in [2.45, 2.75) is 13.8 Å². The molecule has 0 aliphatic rings. The smallest absolute Gasteiger partial charge is 0.293 e. The van der Waals surface area contributed by atoms with E-state index < -0.39 is 10.8 Å². The Balaban J connectivity index is 3.16. The van der Waals surface area contributed by atoms with E-state index in [4.69, 9.17) is 4.74 Å². The second-order valence-electron chi connectivity index (χ2n) is 5.16. The van der Waals surface area contributed by atoms with Crippen molar-refractivity contribution >= 4 is 17.3 Å². The van der Waals surface area contributed by atoms with Crippen LogP contribution >= 0.6 is 0 Å². The molecule has 0 aliphatic heterocycles. The predicted molar refractivity (Wildman–Crippen MR) is 89.2 cm³/mol. The number of nitro benzene ring substituents is 1. The van der Waals surface area contributed by atoms with Gasteiger partial charge in [0, 0.05) is 26.2 Å². The molecule has 128 valence electrons. The van der Waals surface area contributed by atoms with Crippen LogP contribution in [0.3, 0.4) is 0 Å². The van der Waals surface area contributed by atoms with E-state index in [1.807, 2.05) is 18.7 Å². The summed E-state index contributed by atoms with van der Waals surface area (Å²) in [5.74, 6) is -0.0986. The lowest BCUT2D eigenvalue weighted by atomic mass is 10.1. The summed E-state index contributed by atoms with van der Waals surface area (Å²) in [6.07, 6.45) is 0. The molecule has 23 heavy (non-hydrogen) atoms. The van der Waals surface area contributed by atoms with Crippen molar-refractivity contribution in [3.8, 4) is 5.75 Å². The number of nitrogens with one attached hydrogen (secondary N) is 1. The van der Waals surface area contributed by atoms with E-state index in [9.17, 15) is 14.9 Å². The molecule has 0 aliphatic carbocycles. The normalized spacial score (nSPS) is 10.5. The lowest BCUT2D eigenvalue weighted by Gasteiger charge is -2.20. The molecule has 1 amide bonds. The summed E-state index contributed by atoms with van der Waals surface area (Å²) >= 11 is 0. The summed E-state index contributed by atoms with van der Waals surface area (Å²) in [6.45, 7) is 5.96. The molecule has 0 atom stereocenters. The molecule has 0 aromatic heterocycles. The first-order valence-corrected chi connectivity index (χ1v) is 7.39. The average molecular weight is 324 g/mol. The fourth-order valence-electron chi connectivity index (χ4n) is 2.13. The van der Waals surface area contributed by atoms with Gasteiger partial charge in [0.15, 0.2) is 0 Å². The first-order chi connectivity index (χ1) is 10.8. The number of carbonyl (C=O) groups excluding carboxylic acids is 1. The summed E-state index contributed by atoms with van der Waals surface area (Å²) < 4.78 is 5.23. The van der Waals surface area contributed by atoms with Crippen LogP contribution < -0.4 is 15.0 Å². The maximum absolute atomic E-state index is 12.4. The van der Waals surface area contributed by atoms with Crippen molar-refractivity contribution in [2.75, 3.05) is 45.9 Å². The number of nitro groups is 1. The minimum absolute atomic E-state index is 0.135. The largest absolute Gasteiger partial charge is 0.496 e. The molecule has 0 fully saturated rings. The number of benzene rings is 1. The van der Waals surface area contributed by atoms with Gasteiger partial charge in [-0.1, -0.05) is 13.8 Å². The third-order valence-corrected chi connectivity index (χ3v) is 3.58. The highest BCUT2D eigenvalue weighted by molar-refractivity contribution is 5.98. The third kappa shape index (κ3) is 4.56. The number of carbonyl (C=O) groups is 1. The van der Waals surface area contributed by atoms with Gasteiger partial charge in [-0.05, 0) is 13.1 Å². The molecule has 1 rings (SSSR count). The van der Waals surface area contributed by atoms with Gasteiger partial charge in [-0.2, -0.15) is 0 Å². The van der Waals surface area contributed by atoms with E-state index >= 15 is 0 Å². The first-order valence-electron chi connectivity index (χ1n) is 7.39. The van der Waals surface area contributed by atoms with E-state index in [1.165, 1.54) is 19.2 Å². The number of rotatable bonds is 8. The molecule has 0 radical (unpaired) electrons. The third-order valence-electron chi connectivity index (χ3n) is 3.58. The maximum atomic E-state index is 12.4. The van der Waals surface area contributed by atoms with Crippen LogP contribution in [0.4, 0.5) is 11.4 Å². The molecule has 1 aromatic rings. The van der Waals surface area contributed by atoms with Gasteiger partial charge in [-0.15, -0.1) is 0 Å². The van der Waals surface area contributed by atoms with Crippen LogP contribution in [0.1, 0.15) is 24.2 Å². The van der Waals surface area contributed by atoms with Gasteiger partial charge in [0.25, 0.3) is 11.6 Å². The highest BCUT2D eigenvalue weighted by Crippen LogP contribution is 2.34. The summed E-state index contributed by atoms with van der Waals surface area (Å²) in [7, 11) is 4.82. The minimum Gasteiger partial charge on any atom is -0.496 e. The fraction of sp³-hybridized carbons (Fsp3) is 0.533. The number of amides is 1. The van der Waals surface area contributed by atoms with Crippen LogP contribution in [-0.2, 0) is 0 Å². The quantitative estimate of drug-likeness (QED) is 0.445. The van der Waals surface area contributed by atoms with Crippen LogP contribution in [0.5, 0.6) is 5.75 Å². The van der Waals surface area contributed by atoms with Gasteiger partial charge >= 0.3 is 0 Å². The van der Waals surface area contributed by atoms with Crippen LogP contribution in [0, 0.1) is 10.1 Å². The molecule has 8 heteroatoms. The van der Waals surface area contributed by atoms with Crippen LogP contribution in [0.2, 0.25) is 0 Å². The number of anilines is 1. The second-order valence-corrected chi connectivity index (χ2v) is 5.16. The SMILES string of the molecule is CCN(CC)CNC(=O)c1cc([N+](=O)[O-])c(N(C)C)cc1OC. The Morgan fingerprint density at radius 2 is 1.91 bits per heavy atom. The average Bonchev–Trinajstić information content (AvgIpc) is 2.53. The predicted octanol–water partition coefficient (Wildman–Crippen LogP) is 1.70. The zero-order chi connectivity index (χ0) is 17.6. The summed E-state index contributed by atoms with van der Waals surface area (Å²) in [5.41, 5.74) is 0.396. The van der Waals surface area contributed by atoms with E-state index in [2.05, 4.69) is 5.32 Å². The summed E-state index contributed by atoms with van der Waals surface area (Å²) in [4.78, 5) is 26.7. The zero-order valence-corrected chi connectivity index (χ0v) is 14.3. The molecular formula is C15H24N4O4. The number of nitrogens with zero attached hydrogens (tertiary/aromatic N) is 3. The van der Waals surface area contributed by atoms with Crippen molar-refractivity contribution in [1.29, 1.82) is 0 Å². The zero-order valence-electron chi connectivity index (χ0n) is 14.3. The van der Waals surface area contributed by atoms with Crippen molar-refractivity contribution in [3.63, 3.8) is 0 Å². The first kappa shape index (κ1) is 18.7. The molecule has 0 saturated carbocycles. The molecular weight excluding hydrogens is 300 g/mol. The van der Waals surface area contributed by atoms with Crippen LogP contribution in [0.25, 0.3) is 0 Å². The molecule has 0 bridgehead atoms. The van der Waals surface area contributed by atoms with E-state index in [-0.39, 0.29) is 11.3 Å². The van der Waals surface area contributed by atoms with Gasteiger partial charge in [0.2, 0.25) is 0 Å². The van der Waals surface area contributed by atoms with E-state index in [0.29, 0.717) is 18.1 Å². The lowest BCUT2D eigenvalue weighted by Crippen LogP contribution is -2.37. The maximum Gasteiger partial charge on any atom is 0.293 e. The van der Waals surface area contributed by atoms with Gasteiger partial charge in [-0.25, -0.2) is 0 Å². The molecule has 0 unspecified atom stereocenters. The number of methoxy groups -OCH3 is 1. The lowest BCUT2D eigenvalue weighted by molar-refractivity contribution is -0.384. The molecule has 0 saturated heterocycles. The number of hydrogen-bond acceptors (Lipinski definition) is 6. The topological polar surface area (TPSA) is 88.0 Å². The molecule has 0 spiro atoms. The Morgan fingerprint density at radius 3 is 2.35 bits per heavy atom. The molecule has 1 N–H and O–H groups in total. The molecule has 1 aromatic carbocycles. The molecule has 0 heterocycles. The monoisotopic (exact) mass is 324 g/mol. The van der Waals surface area contributed by atoms with Crippen molar-refractivity contribution in [1.82, 2.24) is 10.2 Å². The van der Waals surface area contributed by atoms with Gasteiger partial charge in [0.05, 0.1) is 24.3 Å². The summed E-state index contributed by atoms with van der Waals surface area (Å²) in [5, 5.41) is 14.0. The van der Waals surface area contributed by atoms with Gasteiger partial charge in [-0.3, -0.25) is 19.8 Å². The van der Waals surface area contributed by atoms with E-state index in [1.54, 1.807) is 19.0 Å². The van der Waals surface area contributed by atoms with Gasteiger partial charge in [0.1, 0.15) is 11.4 Å². The van der Waals surface area contributed by atoms with E-state index in [0.717, 1.165) is 13.1 Å². The van der Waals surface area contributed by atoms with Crippen LogP contribution in [-0.4, -0.2) is 56.7 Å². The Kier molecular flexibility index (Phi) is 6.77. The number of ether oxygens (including phenoxy) is 1. The highest BCUT2D eigenvalue weighted by atomic mass is 16.6. The van der Waals surface area contributed by atoms with Crippen molar-refractivity contribution in [3.05, 3.63) is 27.8 Å². The molecule has 8 nitrogen and oxygen atoms in total. The van der Waals surface area contributed by atoms with Crippen LogP contribution in [0.15, 0.2) is 12.1 Å². The minimum atomic E-state index is -0.504. The Morgan fingerprint density at radius 1 is 1.30 bits per heavy atom. The van der Waals surface area contributed by atoms with Gasteiger partial charge < -0.3 is 15.0 Å². The Bertz CT molecular complexity index is 571. The van der Waals surface area contributed by atoms with Crippen molar-refractivity contribution < 1.29 is 14.5 Å². The summed E-state index contributed by atoms with van der Waals surface area (Å²) in [6, 6.07) is 2.76. The van der Waals surface area contributed by atoms with Crippen molar-refractivity contribution in [2.24, 2.45) is 0 Å².